The van der Waals surface area contributed by atoms with Crippen molar-refractivity contribution in [3.8, 4) is 33.4 Å². The minimum Gasteiger partial charge on any atom is -0.310 e. The summed E-state index contributed by atoms with van der Waals surface area (Å²) in [5, 5.41) is 2.64. The van der Waals surface area contributed by atoms with Gasteiger partial charge in [0.05, 0.1) is 5.69 Å². The third kappa shape index (κ3) is 5.03. The molecule has 0 amide bonds. The molecule has 0 saturated heterocycles. The summed E-state index contributed by atoms with van der Waals surface area (Å²) in [6.45, 7) is 14.6. The molecule has 0 radical (unpaired) electrons. The van der Waals surface area contributed by atoms with E-state index in [2.05, 4.69) is 198 Å². The van der Waals surface area contributed by atoms with Gasteiger partial charge in [0.15, 0.2) is 0 Å². The molecule has 1 nitrogen and oxygen atoms in total. The summed E-state index contributed by atoms with van der Waals surface area (Å²) >= 11 is 1.88. The Kier molecular flexibility index (Phi) is 7.23. The molecule has 1 heterocycles. The van der Waals surface area contributed by atoms with Gasteiger partial charge in [-0.25, -0.2) is 0 Å². The van der Waals surface area contributed by atoms with Crippen LogP contribution < -0.4 is 4.90 Å². The predicted molar refractivity (Wildman–Crippen MR) is 233 cm³/mol. The highest BCUT2D eigenvalue weighted by Crippen LogP contribution is 2.57. The van der Waals surface area contributed by atoms with Gasteiger partial charge in [-0.05, 0) is 110 Å². The van der Waals surface area contributed by atoms with Gasteiger partial charge in [0.25, 0.3) is 0 Å². The van der Waals surface area contributed by atoms with Gasteiger partial charge < -0.3 is 4.90 Å². The van der Waals surface area contributed by atoms with Crippen LogP contribution in [-0.4, -0.2) is 0 Å². The molecule has 0 saturated carbocycles. The number of para-hydroxylation sites is 1. The van der Waals surface area contributed by atoms with Crippen LogP contribution >= 0.6 is 11.3 Å². The zero-order valence-corrected chi connectivity index (χ0v) is 32.8. The van der Waals surface area contributed by atoms with Gasteiger partial charge in [0, 0.05) is 42.5 Å². The normalized spacial score (nSPS) is 16.0. The highest BCUT2D eigenvalue weighted by atomic mass is 32.1. The molecule has 54 heavy (non-hydrogen) atoms. The second-order valence-electron chi connectivity index (χ2n) is 17.3. The van der Waals surface area contributed by atoms with E-state index in [0.29, 0.717) is 0 Å². The summed E-state index contributed by atoms with van der Waals surface area (Å²) in [6.07, 6.45) is 1.18. The van der Waals surface area contributed by atoms with Crippen molar-refractivity contribution in [3.63, 3.8) is 0 Å². The zero-order valence-electron chi connectivity index (χ0n) is 32.0. The molecule has 2 heteroatoms. The average Bonchev–Trinajstić information content (AvgIpc) is 3.72. The summed E-state index contributed by atoms with van der Waals surface area (Å²) in [5.74, 6) is 0. The molecule has 10 rings (SSSR count). The molecule has 0 unspecified atom stereocenters. The van der Waals surface area contributed by atoms with Gasteiger partial charge in [-0.3, -0.25) is 0 Å². The lowest BCUT2D eigenvalue weighted by Crippen LogP contribution is -2.19. The van der Waals surface area contributed by atoms with Gasteiger partial charge >= 0.3 is 0 Å². The van der Waals surface area contributed by atoms with Crippen molar-refractivity contribution in [2.24, 2.45) is 0 Å². The highest BCUT2D eigenvalue weighted by molar-refractivity contribution is 7.25. The first kappa shape index (κ1) is 33.2. The van der Waals surface area contributed by atoms with Crippen LogP contribution in [0.1, 0.15) is 70.2 Å². The molecule has 0 atom stereocenters. The first-order valence-corrected chi connectivity index (χ1v) is 20.1. The Morgan fingerprint density at radius 1 is 0.426 bits per heavy atom. The third-order valence-electron chi connectivity index (χ3n) is 12.5. The van der Waals surface area contributed by atoms with Crippen LogP contribution in [0.5, 0.6) is 0 Å². The number of thiophene rings is 1. The maximum absolute atomic E-state index is 2.57. The summed E-state index contributed by atoms with van der Waals surface area (Å²) in [4.78, 5) is 2.50. The van der Waals surface area contributed by atoms with Crippen molar-refractivity contribution in [1.82, 2.24) is 0 Å². The maximum atomic E-state index is 2.57. The number of fused-ring (bicyclic) bond motifs is 7. The molecule has 0 spiro atoms. The summed E-state index contributed by atoms with van der Waals surface area (Å²) in [6, 6.07) is 56.8. The molecule has 0 fully saturated rings. The Labute approximate surface area is 323 Å². The molecule has 2 aliphatic rings. The smallest absolute Gasteiger partial charge is 0.0540 e. The molecule has 0 bridgehead atoms. The minimum atomic E-state index is -0.133. The minimum absolute atomic E-state index is 0.133. The highest BCUT2D eigenvalue weighted by Gasteiger charge is 2.45. The number of hydrogen-bond acceptors (Lipinski definition) is 2. The second-order valence-corrected chi connectivity index (χ2v) is 18.4. The van der Waals surface area contributed by atoms with Gasteiger partial charge in [0.2, 0.25) is 0 Å². The summed E-state index contributed by atoms with van der Waals surface area (Å²) in [5.41, 5.74) is 17.2. The van der Waals surface area contributed by atoms with Crippen LogP contribution in [0.4, 0.5) is 17.1 Å². The molecule has 1 aromatic heterocycles. The fourth-order valence-electron chi connectivity index (χ4n) is 9.99. The van der Waals surface area contributed by atoms with E-state index in [9.17, 15) is 0 Å². The Bertz CT molecular complexity index is 2760. The fourth-order valence-corrected chi connectivity index (χ4v) is 11.1. The first-order valence-electron chi connectivity index (χ1n) is 19.3. The first-order chi connectivity index (χ1) is 26.0. The summed E-state index contributed by atoms with van der Waals surface area (Å²) < 4.78 is 2.63. The largest absolute Gasteiger partial charge is 0.310 e. The van der Waals surface area contributed by atoms with Crippen molar-refractivity contribution in [2.45, 2.75) is 64.2 Å². The van der Waals surface area contributed by atoms with Crippen molar-refractivity contribution in [1.29, 1.82) is 0 Å². The lowest BCUT2D eigenvalue weighted by Gasteiger charge is -2.30. The molecule has 0 N–H and O–H groups in total. The van der Waals surface area contributed by atoms with Crippen LogP contribution in [0.15, 0.2) is 152 Å². The van der Waals surface area contributed by atoms with Crippen LogP contribution in [-0.2, 0) is 16.2 Å². The Balaban J connectivity index is 1.15. The third-order valence-corrected chi connectivity index (χ3v) is 13.6. The zero-order chi connectivity index (χ0) is 37.0. The van der Waals surface area contributed by atoms with E-state index in [0.717, 1.165) is 5.69 Å². The lowest BCUT2D eigenvalue weighted by molar-refractivity contribution is 0.403. The van der Waals surface area contributed by atoms with E-state index in [1.165, 1.54) is 93.6 Å². The van der Waals surface area contributed by atoms with Crippen LogP contribution in [0.3, 0.4) is 0 Å². The molecular formula is C52H45NS. The van der Waals surface area contributed by atoms with Gasteiger partial charge in [-0.15, -0.1) is 11.3 Å². The van der Waals surface area contributed by atoms with E-state index in [1.54, 1.807) is 0 Å². The molecule has 8 aromatic rings. The van der Waals surface area contributed by atoms with Crippen molar-refractivity contribution in [3.05, 3.63) is 174 Å². The number of hydrogen-bond donors (Lipinski definition) is 0. The molecule has 264 valence electrons. The maximum Gasteiger partial charge on any atom is 0.0540 e. The van der Waals surface area contributed by atoms with Gasteiger partial charge in [-0.1, -0.05) is 151 Å². The summed E-state index contributed by atoms with van der Waals surface area (Å²) in [7, 11) is 0. The average molecular weight is 716 g/mol. The van der Waals surface area contributed by atoms with Gasteiger partial charge in [-0.2, -0.15) is 0 Å². The van der Waals surface area contributed by atoms with Crippen LogP contribution in [0.2, 0.25) is 0 Å². The quantitative estimate of drug-likeness (QED) is 0.171. The Morgan fingerprint density at radius 3 is 1.81 bits per heavy atom. The Morgan fingerprint density at radius 2 is 1.02 bits per heavy atom. The van der Waals surface area contributed by atoms with E-state index >= 15 is 0 Å². The number of nitrogens with zero attached hydrogens (tertiary/aromatic N) is 1. The Hall–Kier alpha value is -5.44. The molecule has 2 aliphatic carbocycles. The number of benzene rings is 7. The van der Waals surface area contributed by atoms with E-state index in [-0.39, 0.29) is 16.2 Å². The van der Waals surface area contributed by atoms with E-state index in [4.69, 9.17) is 0 Å². The standard InChI is InChI=1S/C52H45NS/c1-50(2)32-51(3,4)46-31-44-42(30-45(46)50)39-26-24-36(28-43(39)52(44,5)6)53(37-25-27-41-40-17-11-13-19-48(40)54-49(41)29-37)47-18-12-10-16-38(47)35-22-20-34(21-23-35)33-14-8-7-9-15-33/h7-31H,32H2,1-6H3. The predicted octanol–water partition coefficient (Wildman–Crippen LogP) is 15.1. The monoisotopic (exact) mass is 715 g/mol. The SMILES string of the molecule is CC1(C)CC(C)(C)c2cc3c(cc21)-c1ccc(N(c2ccc4c(c2)sc2ccccc24)c2ccccc2-c2ccc(-c4ccccc4)cc2)cc1C3(C)C. The topological polar surface area (TPSA) is 3.24 Å². The number of rotatable bonds is 5. The second kappa shape index (κ2) is 11.8. The molecule has 0 aliphatic heterocycles. The molecule has 7 aromatic carbocycles. The van der Waals surface area contributed by atoms with Crippen LogP contribution in [0.25, 0.3) is 53.6 Å². The van der Waals surface area contributed by atoms with E-state index < -0.39 is 0 Å². The molecular weight excluding hydrogens is 671 g/mol. The van der Waals surface area contributed by atoms with Crippen molar-refractivity contribution in [2.75, 3.05) is 4.90 Å². The number of anilines is 3. The van der Waals surface area contributed by atoms with Crippen LogP contribution in [0, 0.1) is 0 Å². The van der Waals surface area contributed by atoms with Gasteiger partial charge in [0.1, 0.15) is 0 Å². The van der Waals surface area contributed by atoms with Crippen molar-refractivity contribution >= 4 is 48.6 Å². The van der Waals surface area contributed by atoms with Crippen molar-refractivity contribution < 1.29 is 0 Å². The fraction of sp³-hybridized carbons (Fsp3) is 0.192. The lowest BCUT2D eigenvalue weighted by atomic mass is 9.79. The van der Waals surface area contributed by atoms with E-state index in [1.807, 2.05) is 11.3 Å².